The number of halogens is 3. The maximum Gasteiger partial charge on any atom is 0.273 e. The molecule has 2 aliphatic rings. The summed E-state index contributed by atoms with van der Waals surface area (Å²) >= 11 is 18.1. The highest BCUT2D eigenvalue weighted by molar-refractivity contribution is 6.55. The molecular weight excluding hydrogens is 349 g/mol. The van der Waals surface area contributed by atoms with Gasteiger partial charge in [0.15, 0.2) is 0 Å². The topological polar surface area (TPSA) is 46.6 Å². The van der Waals surface area contributed by atoms with Gasteiger partial charge in [-0.1, -0.05) is 40.9 Å². The summed E-state index contributed by atoms with van der Waals surface area (Å²) in [5, 5.41) is 0.603. The van der Waals surface area contributed by atoms with E-state index in [1.165, 1.54) is 6.07 Å². The normalized spacial score (nSPS) is 22.1. The van der Waals surface area contributed by atoms with Gasteiger partial charge in [0.2, 0.25) is 0 Å². The zero-order valence-corrected chi connectivity index (χ0v) is 13.7. The van der Waals surface area contributed by atoms with E-state index in [0.29, 0.717) is 17.2 Å². The number of nitrogens with zero attached hydrogens (tertiary/aromatic N) is 1. The molecule has 0 spiro atoms. The van der Waals surface area contributed by atoms with Gasteiger partial charge < -0.3 is 4.74 Å². The summed E-state index contributed by atoms with van der Waals surface area (Å²) in [4.78, 5) is 25.9. The molecule has 1 unspecified atom stereocenters. The number of carbonyl (C=O) groups excluding carboxylic acids is 2. The van der Waals surface area contributed by atoms with Crippen LogP contribution >= 0.6 is 34.8 Å². The first-order chi connectivity index (χ1) is 10.5. The molecule has 0 N–H and O–H groups in total. The Morgan fingerprint density at radius 2 is 1.95 bits per heavy atom. The Morgan fingerprint density at radius 3 is 2.59 bits per heavy atom. The number of carbonyl (C=O) groups is 2. The molecule has 2 aliphatic heterocycles. The second-order valence-corrected chi connectivity index (χ2v) is 6.39. The highest BCUT2D eigenvalue weighted by Gasteiger charge is 2.40. The Kier molecular flexibility index (Phi) is 4.46. The number of amides is 2. The molecular formula is C15H12Cl3NO3. The van der Waals surface area contributed by atoms with Gasteiger partial charge >= 0.3 is 0 Å². The van der Waals surface area contributed by atoms with Crippen LogP contribution in [-0.2, 0) is 14.3 Å². The van der Waals surface area contributed by atoms with Crippen LogP contribution in [0, 0.1) is 0 Å². The summed E-state index contributed by atoms with van der Waals surface area (Å²) in [6.07, 6.45) is 1.63. The van der Waals surface area contributed by atoms with Crippen LogP contribution < -0.4 is 0 Å². The third-order valence-corrected chi connectivity index (χ3v) is 4.62. The molecule has 0 saturated carbocycles. The summed E-state index contributed by atoms with van der Waals surface area (Å²) in [5.41, 5.74) is 0.524. The van der Waals surface area contributed by atoms with Crippen LogP contribution in [0.4, 0.5) is 0 Å². The summed E-state index contributed by atoms with van der Waals surface area (Å²) in [7, 11) is 0. The Balaban J connectivity index is 1.91. The maximum absolute atomic E-state index is 12.6. The van der Waals surface area contributed by atoms with E-state index in [-0.39, 0.29) is 28.3 Å². The molecule has 0 bridgehead atoms. The van der Waals surface area contributed by atoms with Crippen molar-refractivity contribution in [1.29, 1.82) is 0 Å². The smallest absolute Gasteiger partial charge is 0.273 e. The van der Waals surface area contributed by atoms with Crippen molar-refractivity contribution in [2.75, 3.05) is 13.2 Å². The van der Waals surface area contributed by atoms with Gasteiger partial charge in [-0.2, -0.15) is 0 Å². The van der Waals surface area contributed by atoms with Crippen molar-refractivity contribution in [1.82, 2.24) is 4.90 Å². The lowest BCUT2D eigenvalue weighted by Gasteiger charge is -2.18. The van der Waals surface area contributed by atoms with E-state index in [4.69, 9.17) is 39.5 Å². The second-order valence-electron chi connectivity index (χ2n) is 5.17. The molecule has 2 heterocycles. The van der Waals surface area contributed by atoms with Crippen LogP contribution in [0.25, 0.3) is 5.57 Å². The minimum absolute atomic E-state index is 0.117. The standard InChI is InChI=1S/C15H12Cl3NO3/c16-8-3-4-10(11(17)6-8)12-13(18)15(21)19(14(12)20)7-9-2-1-5-22-9/h3-4,6,9H,1-2,5,7H2. The fourth-order valence-electron chi connectivity index (χ4n) is 2.63. The number of rotatable bonds is 3. The fourth-order valence-corrected chi connectivity index (χ4v) is 3.42. The van der Waals surface area contributed by atoms with Crippen molar-refractivity contribution in [2.24, 2.45) is 0 Å². The summed E-state index contributed by atoms with van der Waals surface area (Å²) in [6, 6.07) is 4.69. The molecule has 4 nitrogen and oxygen atoms in total. The van der Waals surface area contributed by atoms with E-state index < -0.39 is 11.8 Å². The number of hydrogen-bond acceptors (Lipinski definition) is 3. The molecule has 2 amide bonds. The van der Waals surface area contributed by atoms with E-state index in [1.54, 1.807) is 12.1 Å². The Bertz CT molecular complexity index is 681. The van der Waals surface area contributed by atoms with Crippen LogP contribution in [0.5, 0.6) is 0 Å². The summed E-state index contributed by atoms with van der Waals surface area (Å²) < 4.78 is 5.48. The average Bonchev–Trinajstić information content (AvgIpc) is 3.05. The van der Waals surface area contributed by atoms with E-state index in [0.717, 1.165) is 17.7 Å². The highest BCUT2D eigenvalue weighted by atomic mass is 35.5. The van der Waals surface area contributed by atoms with Crippen molar-refractivity contribution in [3.8, 4) is 0 Å². The zero-order chi connectivity index (χ0) is 15.9. The van der Waals surface area contributed by atoms with E-state index in [9.17, 15) is 9.59 Å². The van der Waals surface area contributed by atoms with E-state index >= 15 is 0 Å². The van der Waals surface area contributed by atoms with Crippen LogP contribution in [0.2, 0.25) is 10.0 Å². The number of imide groups is 1. The second kappa shape index (κ2) is 6.20. The first kappa shape index (κ1) is 15.8. The monoisotopic (exact) mass is 359 g/mol. The zero-order valence-electron chi connectivity index (χ0n) is 11.4. The van der Waals surface area contributed by atoms with Gasteiger partial charge in [0.05, 0.1) is 23.2 Å². The average molecular weight is 361 g/mol. The van der Waals surface area contributed by atoms with Crippen molar-refractivity contribution in [2.45, 2.75) is 18.9 Å². The predicted octanol–water partition coefficient (Wildman–Crippen LogP) is 3.49. The molecule has 1 fully saturated rings. The van der Waals surface area contributed by atoms with Gasteiger partial charge in [-0.15, -0.1) is 0 Å². The van der Waals surface area contributed by atoms with Gasteiger partial charge in [-0.05, 0) is 25.0 Å². The number of ether oxygens (including phenoxy) is 1. The first-order valence-electron chi connectivity index (χ1n) is 6.82. The molecule has 3 rings (SSSR count). The minimum Gasteiger partial charge on any atom is -0.376 e. The van der Waals surface area contributed by atoms with Crippen LogP contribution in [-0.4, -0.2) is 36.0 Å². The Morgan fingerprint density at radius 1 is 1.18 bits per heavy atom. The van der Waals surface area contributed by atoms with Crippen molar-refractivity contribution in [3.05, 3.63) is 38.8 Å². The molecule has 22 heavy (non-hydrogen) atoms. The molecule has 1 saturated heterocycles. The van der Waals surface area contributed by atoms with Crippen LogP contribution in [0.1, 0.15) is 18.4 Å². The maximum atomic E-state index is 12.6. The lowest BCUT2D eigenvalue weighted by atomic mass is 10.1. The van der Waals surface area contributed by atoms with Crippen LogP contribution in [0.3, 0.4) is 0 Å². The van der Waals surface area contributed by atoms with Gasteiger partial charge in [0.1, 0.15) is 5.03 Å². The summed E-state index contributed by atoms with van der Waals surface area (Å²) in [6.45, 7) is 0.862. The number of benzene rings is 1. The predicted molar refractivity (Wildman–Crippen MR) is 84.9 cm³/mol. The van der Waals surface area contributed by atoms with Gasteiger partial charge in [-0.25, -0.2) is 0 Å². The molecule has 0 aromatic heterocycles. The molecule has 0 aliphatic carbocycles. The molecule has 1 atom stereocenters. The lowest BCUT2D eigenvalue weighted by molar-refractivity contribution is -0.138. The third kappa shape index (κ3) is 2.76. The van der Waals surface area contributed by atoms with E-state index in [1.807, 2.05) is 0 Å². The minimum atomic E-state index is -0.511. The van der Waals surface area contributed by atoms with Crippen LogP contribution in [0.15, 0.2) is 23.2 Å². The SMILES string of the molecule is O=C1C(Cl)=C(c2ccc(Cl)cc2Cl)C(=O)N1CC1CCCO1. The van der Waals surface area contributed by atoms with E-state index in [2.05, 4.69) is 0 Å². The largest absolute Gasteiger partial charge is 0.376 e. The third-order valence-electron chi connectivity index (χ3n) is 3.72. The van der Waals surface area contributed by atoms with Crippen molar-refractivity contribution >= 4 is 52.2 Å². The van der Waals surface area contributed by atoms with Crippen molar-refractivity contribution < 1.29 is 14.3 Å². The van der Waals surface area contributed by atoms with Crippen molar-refractivity contribution in [3.63, 3.8) is 0 Å². The molecule has 116 valence electrons. The molecule has 1 aromatic rings. The first-order valence-corrected chi connectivity index (χ1v) is 7.95. The quantitative estimate of drug-likeness (QED) is 0.775. The molecule has 0 radical (unpaired) electrons. The number of hydrogen-bond donors (Lipinski definition) is 0. The fraction of sp³-hybridized carbons (Fsp3) is 0.333. The highest BCUT2D eigenvalue weighted by Crippen LogP contribution is 2.36. The summed E-state index contributed by atoms with van der Waals surface area (Å²) in [5.74, 6) is -0.960. The molecule has 7 heteroatoms. The Labute approximate surface area is 142 Å². The van der Waals surface area contributed by atoms with Gasteiger partial charge in [0, 0.05) is 17.2 Å². The Hall–Kier alpha value is -1.07. The van der Waals surface area contributed by atoms with Gasteiger partial charge in [-0.3, -0.25) is 14.5 Å². The lowest BCUT2D eigenvalue weighted by Crippen LogP contribution is -2.37. The van der Waals surface area contributed by atoms with Gasteiger partial charge in [0.25, 0.3) is 11.8 Å². The molecule has 1 aromatic carbocycles.